The van der Waals surface area contributed by atoms with Crippen LogP contribution in [0.1, 0.15) is 34.3 Å². The van der Waals surface area contributed by atoms with Crippen molar-refractivity contribution in [3.8, 4) is 11.5 Å². The van der Waals surface area contributed by atoms with E-state index in [1.54, 1.807) is 30.3 Å². The molecular formula is C22H23FN2O5. The summed E-state index contributed by atoms with van der Waals surface area (Å²) in [6, 6.07) is 9.07. The molecule has 8 heteroatoms. The van der Waals surface area contributed by atoms with E-state index in [1.165, 1.54) is 25.1 Å². The molecule has 0 aliphatic carbocycles. The Labute approximate surface area is 173 Å². The Bertz CT molecular complexity index is 963. The molecule has 1 atom stereocenters. The van der Waals surface area contributed by atoms with Crippen molar-refractivity contribution in [2.45, 2.75) is 32.0 Å². The Morgan fingerprint density at radius 2 is 2.00 bits per heavy atom. The van der Waals surface area contributed by atoms with E-state index in [2.05, 4.69) is 5.32 Å². The van der Waals surface area contributed by atoms with E-state index in [1.807, 2.05) is 0 Å². The second-order valence-electron chi connectivity index (χ2n) is 6.81. The smallest absolute Gasteiger partial charge is 0.255 e. The van der Waals surface area contributed by atoms with Gasteiger partial charge in [0.2, 0.25) is 5.91 Å². The lowest BCUT2D eigenvalue weighted by atomic mass is 10.1. The van der Waals surface area contributed by atoms with Crippen molar-refractivity contribution in [2.75, 3.05) is 14.2 Å². The quantitative estimate of drug-likeness (QED) is 0.637. The van der Waals surface area contributed by atoms with E-state index in [-0.39, 0.29) is 43.6 Å². The molecule has 158 valence electrons. The zero-order valence-electron chi connectivity index (χ0n) is 16.8. The second kappa shape index (κ2) is 9.39. The number of halogens is 1. The molecule has 3 rings (SSSR count). The molecule has 0 bridgehead atoms. The summed E-state index contributed by atoms with van der Waals surface area (Å²) >= 11 is 0. The van der Waals surface area contributed by atoms with Crippen LogP contribution in [-0.4, -0.2) is 43.2 Å². The van der Waals surface area contributed by atoms with Gasteiger partial charge < -0.3 is 24.5 Å². The van der Waals surface area contributed by atoms with Gasteiger partial charge in [-0.3, -0.25) is 9.59 Å². The lowest BCUT2D eigenvalue weighted by Gasteiger charge is -2.25. The second-order valence-corrected chi connectivity index (χ2v) is 6.81. The van der Waals surface area contributed by atoms with E-state index in [4.69, 9.17) is 9.47 Å². The van der Waals surface area contributed by atoms with Gasteiger partial charge in [-0.2, -0.15) is 0 Å². The van der Waals surface area contributed by atoms with Gasteiger partial charge in [0, 0.05) is 30.2 Å². The summed E-state index contributed by atoms with van der Waals surface area (Å²) in [5.74, 6) is -0.573. The van der Waals surface area contributed by atoms with Crippen LogP contribution in [0.2, 0.25) is 0 Å². The average Bonchev–Trinajstić information content (AvgIpc) is 3.10. The van der Waals surface area contributed by atoms with Gasteiger partial charge in [0.25, 0.3) is 5.91 Å². The van der Waals surface area contributed by atoms with E-state index in [9.17, 15) is 18.8 Å². The number of rotatable bonds is 9. The molecule has 0 saturated carbocycles. The number of fused-ring (bicyclic) bond motifs is 1. The van der Waals surface area contributed by atoms with Crippen molar-refractivity contribution in [3.05, 3.63) is 58.9 Å². The van der Waals surface area contributed by atoms with Crippen molar-refractivity contribution in [2.24, 2.45) is 0 Å². The van der Waals surface area contributed by atoms with Gasteiger partial charge in [-0.05, 0) is 24.6 Å². The number of carbonyl (C=O) groups is 3. The topological polar surface area (TPSA) is 84.9 Å². The molecular weight excluding hydrogens is 391 g/mol. The first-order valence-corrected chi connectivity index (χ1v) is 9.54. The maximum absolute atomic E-state index is 14.4. The highest BCUT2D eigenvalue weighted by Crippen LogP contribution is 2.33. The van der Waals surface area contributed by atoms with Crippen LogP contribution in [0.3, 0.4) is 0 Å². The minimum atomic E-state index is -0.760. The first kappa shape index (κ1) is 21.3. The molecule has 2 aromatic rings. The molecule has 1 heterocycles. The van der Waals surface area contributed by atoms with Crippen molar-refractivity contribution in [3.63, 3.8) is 0 Å². The third-order valence-electron chi connectivity index (χ3n) is 5.08. The number of methoxy groups -OCH3 is 1. The number of carbonyl (C=O) groups excluding carboxylic acids is 3. The molecule has 2 aromatic carbocycles. The van der Waals surface area contributed by atoms with Crippen LogP contribution in [0.4, 0.5) is 4.39 Å². The zero-order valence-corrected chi connectivity index (χ0v) is 16.8. The van der Waals surface area contributed by atoms with Crippen molar-refractivity contribution >= 4 is 18.1 Å². The number of nitrogens with one attached hydrogen (secondary N) is 1. The van der Waals surface area contributed by atoms with Gasteiger partial charge in [0.15, 0.2) is 11.6 Å². The summed E-state index contributed by atoms with van der Waals surface area (Å²) in [6.07, 6.45) is 1.12. The fourth-order valence-electron chi connectivity index (χ4n) is 3.51. The minimum absolute atomic E-state index is 0.0440. The highest BCUT2D eigenvalue weighted by molar-refractivity contribution is 6.01. The van der Waals surface area contributed by atoms with E-state index in [0.717, 1.165) is 6.29 Å². The molecule has 0 saturated heterocycles. The summed E-state index contributed by atoms with van der Waals surface area (Å²) in [6.45, 7) is 0.125. The summed E-state index contributed by atoms with van der Waals surface area (Å²) in [5, 5.41) is 2.54. The molecule has 1 N–H and O–H groups in total. The first-order valence-electron chi connectivity index (χ1n) is 9.54. The van der Waals surface area contributed by atoms with Crippen LogP contribution >= 0.6 is 0 Å². The Balaban J connectivity index is 1.83. The normalized spacial score (nSPS) is 13.6. The largest absolute Gasteiger partial charge is 0.494 e. The highest BCUT2D eigenvalue weighted by Gasteiger charge is 2.37. The van der Waals surface area contributed by atoms with Gasteiger partial charge in [0.05, 0.1) is 13.7 Å². The SMILES string of the molecule is CNC(=O)C(CCC=O)N1Cc2c(OCc3cccc(OC)c3F)cccc2C1=O. The maximum atomic E-state index is 14.4. The molecule has 1 unspecified atom stereocenters. The van der Waals surface area contributed by atoms with Crippen LogP contribution in [0.15, 0.2) is 36.4 Å². The number of nitrogens with zero attached hydrogens (tertiary/aromatic N) is 1. The minimum Gasteiger partial charge on any atom is -0.494 e. The number of hydrogen-bond acceptors (Lipinski definition) is 5. The number of aldehydes is 1. The lowest BCUT2D eigenvalue weighted by molar-refractivity contribution is -0.125. The Morgan fingerprint density at radius 3 is 2.70 bits per heavy atom. The van der Waals surface area contributed by atoms with Crippen molar-refractivity contribution < 1.29 is 28.2 Å². The van der Waals surface area contributed by atoms with Crippen molar-refractivity contribution in [1.29, 1.82) is 0 Å². The molecule has 1 aliphatic heterocycles. The van der Waals surface area contributed by atoms with Gasteiger partial charge in [0.1, 0.15) is 24.7 Å². The molecule has 7 nitrogen and oxygen atoms in total. The molecule has 0 radical (unpaired) electrons. The third kappa shape index (κ3) is 4.12. The monoisotopic (exact) mass is 414 g/mol. The van der Waals surface area contributed by atoms with Crippen LogP contribution in [0, 0.1) is 5.82 Å². The first-order chi connectivity index (χ1) is 14.5. The standard InChI is InChI=1S/C22H23FN2O5/c1-24-21(27)17(8-5-11-26)25-12-16-15(22(25)28)7-4-9-18(16)30-13-14-6-3-10-19(29-2)20(14)23/h3-4,6-7,9-11,17H,5,8,12-13H2,1-2H3,(H,24,27). The molecule has 0 aromatic heterocycles. The number of ether oxygens (including phenoxy) is 2. The van der Waals surface area contributed by atoms with Gasteiger partial charge in [-0.1, -0.05) is 18.2 Å². The summed E-state index contributed by atoms with van der Waals surface area (Å²) in [4.78, 5) is 37.4. The number of hydrogen-bond donors (Lipinski definition) is 1. The van der Waals surface area contributed by atoms with Crippen LogP contribution in [0.5, 0.6) is 11.5 Å². The molecule has 2 amide bonds. The van der Waals surface area contributed by atoms with Gasteiger partial charge in [-0.15, -0.1) is 0 Å². The predicted octanol–water partition coefficient (Wildman–Crippen LogP) is 2.46. The molecule has 0 fully saturated rings. The summed E-state index contributed by atoms with van der Waals surface area (Å²) < 4.78 is 25.2. The predicted molar refractivity (Wildman–Crippen MR) is 107 cm³/mol. The van der Waals surface area contributed by atoms with Crippen LogP contribution in [0.25, 0.3) is 0 Å². The number of amides is 2. The lowest BCUT2D eigenvalue weighted by Crippen LogP contribution is -2.46. The molecule has 30 heavy (non-hydrogen) atoms. The highest BCUT2D eigenvalue weighted by atomic mass is 19.1. The van der Waals surface area contributed by atoms with Crippen LogP contribution in [-0.2, 0) is 22.7 Å². The van der Waals surface area contributed by atoms with E-state index >= 15 is 0 Å². The Hall–Kier alpha value is -3.42. The fraction of sp³-hybridized carbons (Fsp3) is 0.318. The third-order valence-corrected chi connectivity index (χ3v) is 5.08. The van der Waals surface area contributed by atoms with Gasteiger partial charge in [-0.25, -0.2) is 4.39 Å². The van der Waals surface area contributed by atoms with E-state index in [0.29, 0.717) is 22.4 Å². The van der Waals surface area contributed by atoms with Crippen molar-refractivity contribution in [1.82, 2.24) is 10.2 Å². The number of benzene rings is 2. The van der Waals surface area contributed by atoms with E-state index < -0.39 is 11.9 Å². The Morgan fingerprint density at radius 1 is 1.27 bits per heavy atom. The molecule has 1 aliphatic rings. The molecule has 0 spiro atoms. The van der Waals surface area contributed by atoms with Crippen LogP contribution < -0.4 is 14.8 Å². The zero-order chi connectivity index (χ0) is 21.7. The summed E-state index contributed by atoms with van der Waals surface area (Å²) in [5.41, 5.74) is 1.38. The van der Waals surface area contributed by atoms with Gasteiger partial charge >= 0.3 is 0 Å². The number of likely N-dealkylation sites (N-methyl/N-ethyl adjacent to an activating group) is 1. The fourth-order valence-corrected chi connectivity index (χ4v) is 3.51. The maximum Gasteiger partial charge on any atom is 0.255 e. The summed E-state index contributed by atoms with van der Waals surface area (Å²) in [7, 11) is 2.88. The Kier molecular flexibility index (Phi) is 6.66. The average molecular weight is 414 g/mol.